The van der Waals surface area contributed by atoms with Gasteiger partial charge in [-0.05, 0) is 85.8 Å². The van der Waals surface area contributed by atoms with Crippen LogP contribution < -0.4 is 10.2 Å². The predicted octanol–water partition coefficient (Wildman–Crippen LogP) is 6.01. The highest BCUT2D eigenvalue weighted by atomic mass is 32.1. The first-order valence-corrected chi connectivity index (χ1v) is 14.4. The van der Waals surface area contributed by atoms with Crippen molar-refractivity contribution in [1.29, 1.82) is 0 Å². The molecule has 1 N–H and O–H groups in total. The Labute approximate surface area is 214 Å². The van der Waals surface area contributed by atoms with Crippen molar-refractivity contribution in [3.8, 4) is 0 Å². The van der Waals surface area contributed by atoms with Gasteiger partial charge in [0.15, 0.2) is 0 Å². The van der Waals surface area contributed by atoms with E-state index in [1.165, 1.54) is 46.4 Å². The van der Waals surface area contributed by atoms with E-state index in [1.807, 2.05) is 18.2 Å². The van der Waals surface area contributed by atoms with E-state index in [0.717, 1.165) is 55.2 Å². The molecule has 3 heterocycles. The maximum Gasteiger partial charge on any atom is 0.261 e. The number of carbonyl (C=O) groups is 1. The van der Waals surface area contributed by atoms with Gasteiger partial charge in [-0.15, -0.1) is 11.3 Å². The average Bonchev–Trinajstić information content (AvgIpc) is 3.53. The fourth-order valence-electron chi connectivity index (χ4n) is 5.59. The van der Waals surface area contributed by atoms with Gasteiger partial charge in [-0.1, -0.05) is 30.3 Å². The lowest BCUT2D eigenvalue weighted by Gasteiger charge is -2.36. The van der Waals surface area contributed by atoms with Gasteiger partial charge in [-0.25, -0.2) is 0 Å². The first-order valence-electron chi connectivity index (χ1n) is 12.8. The van der Waals surface area contributed by atoms with E-state index >= 15 is 0 Å². The summed E-state index contributed by atoms with van der Waals surface area (Å²) in [4.78, 5) is 18.7. The first kappa shape index (κ1) is 23.0. The molecule has 2 fully saturated rings. The number of rotatable bonds is 6. The molecule has 2 aromatic heterocycles. The van der Waals surface area contributed by atoms with Crippen molar-refractivity contribution in [2.24, 2.45) is 5.92 Å². The summed E-state index contributed by atoms with van der Waals surface area (Å²) in [5.74, 6) is 2.05. The maximum absolute atomic E-state index is 12.8. The van der Waals surface area contributed by atoms with Crippen LogP contribution in [0.25, 0.3) is 20.2 Å². The molecule has 0 spiro atoms. The number of thiophene rings is 1. The molecule has 0 bridgehead atoms. The molecule has 1 saturated heterocycles. The van der Waals surface area contributed by atoms with E-state index in [1.54, 1.807) is 22.9 Å². The third-order valence-electron chi connectivity index (χ3n) is 7.72. The van der Waals surface area contributed by atoms with Crippen LogP contribution in [0.3, 0.4) is 0 Å². The van der Waals surface area contributed by atoms with E-state index in [9.17, 15) is 4.79 Å². The van der Waals surface area contributed by atoms with Crippen LogP contribution in [-0.4, -0.2) is 53.9 Å². The molecule has 1 saturated carbocycles. The number of carbonyl (C=O) groups excluding carboxylic acids is 1. The lowest BCUT2D eigenvalue weighted by atomic mass is 9.84. The van der Waals surface area contributed by atoms with Crippen LogP contribution in [0.1, 0.15) is 41.8 Å². The van der Waals surface area contributed by atoms with Crippen molar-refractivity contribution in [3.05, 3.63) is 59.5 Å². The quantitative estimate of drug-likeness (QED) is 0.349. The SMILES string of the molecule is O=C(N[C@H]1CC[C@@H](CCN2CCN(c3nsc4ccccc34)CC2)CC1)c1cc2ccccc2s1. The van der Waals surface area contributed by atoms with Crippen molar-refractivity contribution in [2.75, 3.05) is 37.6 Å². The molecule has 1 aliphatic heterocycles. The van der Waals surface area contributed by atoms with Gasteiger partial charge in [0.25, 0.3) is 5.91 Å². The standard InChI is InChI=1S/C28H32N4OS2/c33-28(26-19-21-5-1-3-7-24(21)34-26)29-22-11-9-20(10-12-22)13-14-31-15-17-32(18-16-31)27-23-6-2-4-8-25(23)35-30-27/h1-8,19-20,22H,9-18H2,(H,29,33)/t20-,22+. The number of hydrogen-bond donors (Lipinski definition) is 1. The van der Waals surface area contributed by atoms with Gasteiger partial charge in [0, 0.05) is 42.3 Å². The summed E-state index contributed by atoms with van der Waals surface area (Å²) in [6.45, 7) is 5.54. The first-order chi connectivity index (χ1) is 17.2. The highest BCUT2D eigenvalue weighted by Crippen LogP contribution is 2.31. The van der Waals surface area contributed by atoms with Gasteiger partial charge < -0.3 is 10.2 Å². The van der Waals surface area contributed by atoms with Crippen molar-refractivity contribution < 1.29 is 4.79 Å². The summed E-state index contributed by atoms with van der Waals surface area (Å²) in [5.41, 5.74) is 0. The smallest absolute Gasteiger partial charge is 0.261 e. The zero-order chi connectivity index (χ0) is 23.6. The van der Waals surface area contributed by atoms with E-state index in [-0.39, 0.29) is 5.91 Å². The average molecular weight is 505 g/mol. The van der Waals surface area contributed by atoms with Crippen LogP contribution in [0, 0.1) is 5.92 Å². The minimum Gasteiger partial charge on any atom is -0.353 e. The summed E-state index contributed by atoms with van der Waals surface area (Å²) in [6.07, 6.45) is 5.93. The molecule has 182 valence electrons. The van der Waals surface area contributed by atoms with Gasteiger partial charge in [-0.3, -0.25) is 9.69 Å². The number of aromatic nitrogens is 1. The number of nitrogens with zero attached hydrogens (tertiary/aromatic N) is 3. The topological polar surface area (TPSA) is 48.5 Å². The molecule has 2 aliphatic rings. The van der Waals surface area contributed by atoms with Crippen LogP contribution in [0.15, 0.2) is 54.6 Å². The Hall–Kier alpha value is -2.48. The fraction of sp³-hybridized carbons (Fsp3) is 0.429. The molecule has 35 heavy (non-hydrogen) atoms. The molecule has 2 aromatic carbocycles. The number of anilines is 1. The number of piperazine rings is 1. The molecule has 0 unspecified atom stereocenters. The second kappa shape index (κ2) is 10.2. The zero-order valence-corrected chi connectivity index (χ0v) is 21.6. The molecular formula is C28H32N4OS2. The van der Waals surface area contributed by atoms with Gasteiger partial charge >= 0.3 is 0 Å². The van der Waals surface area contributed by atoms with Gasteiger partial charge in [0.05, 0.1) is 9.58 Å². The monoisotopic (exact) mass is 504 g/mol. The fourth-order valence-corrected chi connectivity index (χ4v) is 7.36. The minimum atomic E-state index is 0.0976. The Balaban J connectivity index is 0.930. The lowest BCUT2D eigenvalue weighted by molar-refractivity contribution is 0.0924. The third-order valence-corrected chi connectivity index (χ3v) is 9.65. The largest absolute Gasteiger partial charge is 0.353 e. The van der Waals surface area contributed by atoms with Crippen molar-refractivity contribution in [2.45, 2.75) is 38.1 Å². The predicted molar refractivity (Wildman–Crippen MR) is 148 cm³/mol. The van der Waals surface area contributed by atoms with Gasteiger partial charge in [-0.2, -0.15) is 4.37 Å². The van der Waals surface area contributed by atoms with Crippen molar-refractivity contribution in [1.82, 2.24) is 14.6 Å². The Morgan fingerprint density at radius 3 is 2.49 bits per heavy atom. The number of benzene rings is 2. The number of nitrogens with one attached hydrogen (secondary N) is 1. The summed E-state index contributed by atoms with van der Waals surface area (Å²) in [6, 6.07) is 19.1. The summed E-state index contributed by atoms with van der Waals surface area (Å²) in [7, 11) is 0. The van der Waals surface area contributed by atoms with Crippen molar-refractivity contribution >= 4 is 54.8 Å². The normalized spacial score (nSPS) is 21.5. The highest BCUT2D eigenvalue weighted by Gasteiger charge is 2.25. The number of hydrogen-bond acceptors (Lipinski definition) is 6. The van der Waals surface area contributed by atoms with Gasteiger partial charge in [0.2, 0.25) is 0 Å². The Kier molecular flexibility index (Phi) is 6.72. The van der Waals surface area contributed by atoms with Crippen LogP contribution in [0.4, 0.5) is 5.82 Å². The molecule has 1 amide bonds. The van der Waals surface area contributed by atoms with Gasteiger partial charge in [0.1, 0.15) is 5.82 Å². The van der Waals surface area contributed by atoms with E-state index in [4.69, 9.17) is 4.37 Å². The highest BCUT2D eigenvalue weighted by molar-refractivity contribution is 7.20. The van der Waals surface area contributed by atoms with Crippen LogP contribution >= 0.6 is 22.9 Å². The van der Waals surface area contributed by atoms with Crippen LogP contribution in [0.2, 0.25) is 0 Å². The summed E-state index contributed by atoms with van der Waals surface area (Å²) >= 11 is 3.20. The van der Waals surface area contributed by atoms with Crippen LogP contribution in [0.5, 0.6) is 0 Å². The summed E-state index contributed by atoms with van der Waals surface area (Å²) in [5, 5.41) is 5.76. The maximum atomic E-state index is 12.8. The van der Waals surface area contributed by atoms with Crippen LogP contribution in [-0.2, 0) is 0 Å². The second-order valence-electron chi connectivity index (χ2n) is 9.96. The molecule has 4 aromatic rings. The molecule has 0 radical (unpaired) electrons. The molecule has 1 aliphatic carbocycles. The van der Waals surface area contributed by atoms with Crippen molar-refractivity contribution in [3.63, 3.8) is 0 Å². The van der Waals surface area contributed by atoms with E-state index in [2.05, 4.69) is 51.5 Å². The minimum absolute atomic E-state index is 0.0976. The Morgan fingerprint density at radius 1 is 0.943 bits per heavy atom. The zero-order valence-electron chi connectivity index (χ0n) is 20.0. The second-order valence-corrected chi connectivity index (χ2v) is 11.8. The Morgan fingerprint density at radius 2 is 1.69 bits per heavy atom. The lowest BCUT2D eigenvalue weighted by Crippen LogP contribution is -2.47. The molecule has 5 nitrogen and oxygen atoms in total. The molecule has 0 atom stereocenters. The molecular weight excluding hydrogens is 472 g/mol. The number of amides is 1. The van der Waals surface area contributed by atoms with E-state index < -0.39 is 0 Å². The van der Waals surface area contributed by atoms with E-state index in [0.29, 0.717) is 6.04 Å². The number of fused-ring (bicyclic) bond motifs is 2. The summed E-state index contributed by atoms with van der Waals surface area (Å²) < 4.78 is 7.20. The Bertz CT molecular complexity index is 1270. The molecule has 6 rings (SSSR count). The molecule has 7 heteroatoms. The third kappa shape index (κ3) is 5.08.